The monoisotopic (exact) mass is 378 g/mol. The number of halogens is 1. The summed E-state index contributed by atoms with van der Waals surface area (Å²) in [6, 6.07) is 4.24. The van der Waals surface area contributed by atoms with Gasteiger partial charge in [-0.05, 0) is 31.0 Å². The maximum absolute atomic E-state index is 15.1. The van der Waals surface area contributed by atoms with Gasteiger partial charge in [-0.15, -0.1) is 0 Å². The van der Waals surface area contributed by atoms with Crippen LogP contribution in [0.2, 0.25) is 0 Å². The van der Waals surface area contributed by atoms with Crippen LogP contribution in [0.15, 0.2) is 18.2 Å². The van der Waals surface area contributed by atoms with E-state index in [0.717, 1.165) is 22.8 Å². The molecule has 2 fully saturated rings. The van der Waals surface area contributed by atoms with Crippen molar-refractivity contribution in [2.24, 2.45) is 0 Å². The molecule has 1 aromatic carbocycles. The molecule has 0 spiro atoms. The number of nitrogens with zero attached hydrogens (tertiary/aromatic N) is 3. The Labute approximate surface area is 150 Å². The lowest BCUT2D eigenvalue weighted by molar-refractivity contribution is -0.117. The zero-order chi connectivity index (χ0) is 18.6. The summed E-state index contributed by atoms with van der Waals surface area (Å²) in [5.41, 5.74) is 0.675. The number of anilines is 1. The van der Waals surface area contributed by atoms with E-state index >= 15 is 4.39 Å². The van der Waals surface area contributed by atoms with Gasteiger partial charge in [0.2, 0.25) is 17.1 Å². The van der Waals surface area contributed by atoms with Crippen LogP contribution in [0.4, 0.5) is 10.1 Å². The van der Waals surface area contributed by atoms with Crippen LogP contribution in [0.25, 0.3) is 11.3 Å². The van der Waals surface area contributed by atoms with Crippen LogP contribution >= 0.6 is 0 Å². The summed E-state index contributed by atoms with van der Waals surface area (Å²) in [6.07, 6.45) is 1.89. The van der Waals surface area contributed by atoms with E-state index in [1.807, 2.05) is 0 Å². The van der Waals surface area contributed by atoms with Gasteiger partial charge in [-0.25, -0.2) is 13.3 Å². The molecule has 0 bridgehead atoms. The van der Waals surface area contributed by atoms with Crippen molar-refractivity contribution in [3.05, 3.63) is 29.7 Å². The number of aromatic nitrogens is 2. The van der Waals surface area contributed by atoms with Crippen molar-refractivity contribution in [1.82, 2.24) is 14.5 Å². The van der Waals surface area contributed by atoms with Crippen molar-refractivity contribution >= 4 is 28.7 Å². The van der Waals surface area contributed by atoms with Crippen molar-refractivity contribution in [3.8, 4) is 17.0 Å². The SMILES string of the molecule is CC(=O)n1nc(-c2ccc(O)c(N3CC(=O)NS3=O)c2F)cc1C1CC1. The first-order valence-corrected chi connectivity index (χ1v) is 9.09. The summed E-state index contributed by atoms with van der Waals surface area (Å²) in [5, 5.41) is 14.2. The summed E-state index contributed by atoms with van der Waals surface area (Å²) in [6.45, 7) is 1.04. The molecule has 2 heterocycles. The molecule has 0 radical (unpaired) electrons. The molecule has 26 heavy (non-hydrogen) atoms. The average molecular weight is 378 g/mol. The van der Waals surface area contributed by atoms with Crippen LogP contribution in [-0.4, -0.2) is 37.5 Å². The van der Waals surface area contributed by atoms with E-state index in [4.69, 9.17) is 0 Å². The first-order chi connectivity index (χ1) is 12.4. The molecule has 8 nitrogen and oxygen atoms in total. The molecule has 1 saturated carbocycles. The van der Waals surface area contributed by atoms with Gasteiger partial charge in [0.25, 0.3) is 5.91 Å². The van der Waals surface area contributed by atoms with E-state index in [0.29, 0.717) is 0 Å². The third-order valence-electron chi connectivity index (χ3n) is 4.34. The Bertz CT molecular complexity index is 969. The van der Waals surface area contributed by atoms with Crippen molar-refractivity contribution in [2.75, 3.05) is 10.8 Å². The minimum atomic E-state index is -1.98. The highest BCUT2D eigenvalue weighted by Crippen LogP contribution is 2.43. The van der Waals surface area contributed by atoms with Crippen LogP contribution in [-0.2, 0) is 16.0 Å². The Balaban J connectivity index is 1.82. The van der Waals surface area contributed by atoms with Gasteiger partial charge >= 0.3 is 0 Å². The lowest BCUT2D eigenvalue weighted by atomic mass is 10.1. The highest BCUT2D eigenvalue weighted by Gasteiger charge is 2.34. The van der Waals surface area contributed by atoms with Crippen molar-refractivity contribution in [1.29, 1.82) is 0 Å². The van der Waals surface area contributed by atoms with E-state index < -0.39 is 28.6 Å². The molecule has 1 atom stereocenters. The fraction of sp³-hybridized carbons (Fsp3) is 0.312. The van der Waals surface area contributed by atoms with Crippen LogP contribution in [0.5, 0.6) is 5.75 Å². The largest absolute Gasteiger partial charge is 0.506 e. The van der Waals surface area contributed by atoms with Gasteiger partial charge in [0.05, 0.1) is 11.4 Å². The Morgan fingerprint density at radius 2 is 2.15 bits per heavy atom. The second-order valence-electron chi connectivity index (χ2n) is 6.27. The van der Waals surface area contributed by atoms with E-state index in [1.54, 1.807) is 6.07 Å². The van der Waals surface area contributed by atoms with Gasteiger partial charge in [-0.3, -0.25) is 18.6 Å². The molecule has 2 aliphatic rings. The average Bonchev–Trinajstić information content (AvgIpc) is 3.23. The number of phenolic OH excluding ortho intramolecular Hbond substituents is 1. The smallest absolute Gasteiger partial charge is 0.253 e. The van der Waals surface area contributed by atoms with Crippen molar-refractivity contribution in [3.63, 3.8) is 0 Å². The van der Waals surface area contributed by atoms with Gasteiger partial charge < -0.3 is 5.11 Å². The van der Waals surface area contributed by atoms with Gasteiger partial charge in [-0.1, -0.05) is 0 Å². The maximum atomic E-state index is 15.1. The summed E-state index contributed by atoms with van der Waals surface area (Å²) >= 11 is -1.98. The molecule has 2 N–H and O–H groups in total. The third kappa shape index (κ3) is 2.66. The van der Waals surface area contributed by atoms with Crippen LogP contribution in [0.3, 0.4) is 0 Å². The van der Waals surface area contributed by atoms with E-state index in [9.17, 15) is 18.9 Å². The zero-order valence-corrected chi connectivity index (χ0v) is 14.5. The minimum absolute atomic E-state index is 0.0519. The molecule has 1 unspecified atom stereocenters. The molecule has 1 saturated heterocycles. The fourth-order valence-corrected chi connectivity index (χ4v) is 3.92. The summed E-state index contributed by atoms with van der Waals surface area (Å²) in [4.78, 5) is 23.2. The molecule has 1 aliphatic heterocycles. The molecule has 1 aliphatic carbocycles. The number of carbonyl (C=O) groups is 2. The van der Waals surface area contributed by atoms with E-state index in [2.05, 4.69) is 9.82 Å². The summed E-state index contributed by atoms with van der Waals surface area (Å²) in [7, 11) is 0. The lowest BCUT2D eigenvalue weighted by Gasteiger charge is -2.17. The molecular weight excluding hydrogens is 363 g/mol. The minimum Gasteiger partial charge on any atom is -0.506 e. The molecule has 10 heteroatoms. The molecule has 2 aromatic rings. The second kappa shape index (κ2) is 5.90. The number of benzene rings is 1. The number of phenols is 1. The van der Waals surface area contributed by atoms with Crippen LogP contribution < -0.4 is 9.03 Å². The molecule has 4 rings (SSSR count). The molecule has 1 amide bonds. The predicted octanol–water partition coefficient (Wildman–Crippen LogP) is 1.45. The normalized spacial score (nSPS) is 19.7. The number of hydrogen-bond donors (Lipinski definition) is 2. The van der Waals surface area contributed by atoms with Gasteiger partial charge in [0, 0.05) is 18.4 Å². The first-order valence-electron chi connectivity index (χ1n) is 7.98. The Morgan fingerprint density at radius 3 is 2.73 bits per heavy atom. The first kappa shape index (κ1) is 16.7. The summed E-state index contributed by atoms with van der Waals surface area (Å²) < 4.78 is 31.4. The quantitative estimate of drug-likeness (QED) is 0.841. The van der Waals surface area contributed by atoms with Crippen molar-refractivity contribution in [2.45, 2.75) is 25.7 Å². The van der Waals surface area contributed by atoms with Crippen molar-refractivity contribution < 1.29 is 23.3 Å². The second-order valence-corrected chi connectivity index (χ2v) is 7.41. The van der Waals surface area contributed by atoms with Crippen LogP contribution in [0, 0.1) is 5.82 Å². The summed E-state index contributed by atoms with van der Waals surface area (Å²) in [5.74, 6) is -1.87. The standard InChI is InChI=1S/C16H15FN4O4S/c1-8(22)21-12(9-2-3-9)6-11(18-21)10-4-5-13(23)16(15(10)17)20-7-14(24)19-26(20)25/h4-6,9,23H,2-3,7H2,1H3,(H,19,24). The van der Waals surface area contributed by atoms with Gasteiger partial charge in [0.15, 0.2) is 5.82 Å². The topological polar surface area (TPSA) is 105 Å². The Kier molecular flexibility index (Phi) is 3.79. The third-order valence-corrected chi connectivity index (χ3v) is 5.45. The van der Waals surface area contributed by atoms with E-state index in [1.165, 1.54) is 23.7 Å². The Morgan fingerprint density at radius 1 is 1.42 bits per heavy atom. The number of amides is 1. The van der Waals surface area contributed by atoms with Gasteiger partial charge in [0.1, 0.15) is 18.0 Å². The predicted molar refractivity (Wildman–Crippen MR) is 91.2 cm³/mol. The lowest BCUT2D eigenvalue weighted by Crippen LogP contribution is -2.23. The number of rotatable bonds is 3. The fourth-order valence-electron chi connectivity index (χ4n) is 2.97. The molecule has 136 valence electrons. The van der Waals surface area contributed by atoms with E-state index in [-0.39, 0.29) is 35.3 Å². The maximum Gasteiger partial charge on any atom is 0.253 e. The van der Waals surface area contributed by atoms with Crippen LogP contribution in [0.1, 0.15) is 36.2 Å². The number of carbonyl (C=O) groups excluding carboxylic acids is 2. The number of nitrogens with one attached hydrogen (secondary N) is 1. The highest BCUT2D eigenvalue weighted by molar-refractivity contribution is 7.85. The molecule has 1 aromatic heterocycles. The Hall–Kier alpha value is -2.75. The number of aromatic hydroxyl groups is 1. The number of hydrogen-bond acceptors (Lipinski definition) is 5. The highest BCUT2D eigenvalue weighted by atomic mass is 32.2. The zero-order valence-electron chi connectivity index (χ0n) is 13.7. The van der Waals surface area contributed by atoms with Gasteiger partial charge in [-0.2, -0.15) is 5.10 Å². The molecular formula is C16H15FN4O4S.